The Bertz CT molecular complexity index is 692. The van der Waals surface area contributed by atoms with E-state index in [1.807, 2.05) is 32.0 Å². The van der Waals surface area contributed by atoms with E-state index in [1.54, 1.807) is 0 Å². The molecule has 0 spiro atoms. The van der Waals surface area contributed by atoms with Gasteiger partial charge in [-0.2, -0.15) is 0 Å². The van der Waals surface area contributed by atoms with Crippen LogP contribution in [0.4, 0.5) is 5.69 Å². The summed E-state index contributed by atoms with van der Waals surface area (Å²) in [5.74, 6) is -1.60. The number of hydrogen-bond acceptors (Lipinski definition) is 6. The van der Waals surface area contributed by atoms with Gasteiger partial charge >= 0.3 is 0 Å². The predicted octanol–water partition coefficient (Wildman–Crippen LogP) is 1.42. The second kappa shape index (κ2) is 8.75. The molecule has 26 heavy (non-hydrogen) atoms. The van der Waals surface area contributed by atoms with E-state index in [-0.39, 0.29) is 25.4 Å². The molecular weight excluding hydrogens is 402 g/mol. The zero-order valence-corrected chi connectivity index (χ0v) is 16.5. The SMILES string of the molecule is CC(C)[C@H](Nc1cc(Br)ccc1CC(N)CO)C(=O)N1C(=O)CCC1=O. The summed E-state index contributed by atoms with van der Waals surface area (Å²) >= 11 is 3.40. The molecule has 1 heterocycles. The number of aliphatic hydroxyl groups excluding tert-OH is 1. The van der Waals surface area contributed by atoms with E-state index in [0.717, 1.165) is 14.9 Å². The Morgan fingerprint density at radius 3 is 2.46 bits per heavy atom. The summed E-state index contributed by atoms with van der Waals surface area (Å²) in [6, 6.07) is 4.36. The maximum absolute atomic E-state index is 12.8. The van der Waals surface area contributed by atoms with Crippen molar-refractivity contribution in [2.45, 2.75) is 45.2 Å². The highest BCUT2D eigenvalue weighted by Gasteiger charge is 2.39. The summed E-state index contributed by atoms with van der Waals surface area (Å²) in [5.41, 5.74) is 7.36. The minimum atomic E-state index is -0.737. The molecule has 0 aromatic heterocycles. The summed E-state index contributed by atoms with van der Waals surface area (Å²) in [6.45, 7) is 3.54. The van der Waals surface area contributed by atoms with Crippen LogP contribution in [0.25, 0.3) is 0 Å². The first-order chi connectivity index (χ1) is 12.2. The lowest BCUT2D eigenvalue weighted by Crippen LogP contribution is -2.48. The van der Waals surface area contributed by atoms with Gasteiger partial charge in [-0.1, -0.05) is 35.8 Å². The van der Waals surface area contributed by atoms with E-state index >= 15 is 0 Å². The molecule has 1 aromatic rings. The molecule has 3 amide bonds. The second-order valence-electron chi connectivity index (χ2n) is 6.78. The number of halogens is 1. The Balaban J connectivity index is 2.30. The van der Waals surface area contributed by atoms with Crippen LogP contribution < -0.4 is 11.1 Å². The number of nitrogens with two attached hydrogens (primary N) is 1. The molecule has 1 aliphatic rings. The number of nitrogens with one attached hydrogen (secondary N) is 1. The average molecular weight is 426 g/mol. The number of carbonyl (C=O) groups is 3. The van der Waals surface area contributed by atoms with E-state index in [0.29, 0.717) is 12.1 Å². The number of anilines is 1. The molecule has 8 heteroatoms. The van der Waals surface area contributed by atoms with E-state index in [2.05, 4.69) is 21.2 Å². The van der Waals surface area contributed by atoms with Crippen molar-refractivity contribution < 1.29 is 19.5 Å². The highest BCUT2D eigenvalue weighted by Crippen LogP contribution is 2.26. The van der Waals surface area contributed by atoms with Gasteiger partial charge in [0.2, 0.25) is 11.8 Å². The largest absolute Gasteiger partial charge is 0.395 e. The van der Waals surface area contributed by atoms with Crippen LogP contribution in [-0.2, 0) is 20.8 Å². The van der Waals surface area contributed by atoms with Crippen LogP contribution in [0.5, 0.6) is 0 Å². The number of benzene rings is 1. The first-order valence-corrected chi connectivity index (χ1v) is 9.35. The van der Waals surface area contributed by atoms with Gasteiger partial charge in [0.25, 0.3) is 5.91 Å². The van der Waals surface area contributed by atoms with E-state index in [9.17, 15) is 19.5 Å². The number of nitrogens with zero attached hydrogens (tertiary/aromatic N) is 1. The highest BCUT2D eigenvalue weighted by molar-refractivity contribution is 9.10. The second-order valence-corrected chi connectivity index (χ2v) is 7.69. The lowest BCUT2D eigenvalue weighted by atomic mass is 10.00. The van der Waals surface area contributed by atoms with Gasteiger partial charge in [-0.15, -0.1) is 0 Å². The summed E-state index contributed by atoms with van der Waals surface area (Å²) in [5, 5.41) is 12.4. The van der Waals surface area contributed by atoms with E-state index in [4.69, 9.17) is 5.73 Å². The first-order valence-electron chi connectivity index (χ1n) is 8.55. The molecule has 0 saturated carbocycles. The lowest BCUT2D eigenvalue weighted by molar-refractivity contribution is -0.150. The Morgan fingerprint density at radius 1 is 1.31 bits per heavy atom. The van der Waals surface area contributed by atoms with Crippen molar-refractivity contribution >= 4 is 39.3 Å². The summed E-state index contributed by atoms with van der Waals surface area (Å²) < 4.78 is 0.810. The molecule has 1 fully saturated rings. The van der Waals surface area contributed by atoms with Crippen LogP contribution in [0, 0.1) is 5.92 Å². The van der Waals surface area contributed by atoms with Gasteiger partial charge in [0, 0.05) is 29.0 Å². The Kier molecular flexibility index (Phi) is 6.91. The van der Waals surface area contributed by atoms with Crippen LogP contribution in [0.1, 0.15) is 32.3 Å². The summed E-state index contributed by atoms with van der Waals surface area (Å²) in [6.07, 6.45) is 0.568. The highest BCUT2D eigenvalue weighted by atomic mass is 79.9. The summed E-state index contributed by atoms with van der Waals surface area (Å²) in [4.78, 5) is 37.4. The smallest absolute Gasteiger partial charge is 0.258 e. The third-order valence-corrected chi connectivity index (χ3v) is 4.80. The Morgan fingerprint density at radius 2 is 1.92 bits per heavy atom. The van der Waals surface area contributed by atoms with Crippen LogP contribution in [0.2, 0.25) is 0 Å². The molecule has 0 radical (unpaired) electrons. The fraction of sp³-hybridized carbons (Fsp3) is 0.500. The number of amides is 3. The molecule has 2 rings (SSSR count). The van der Waals surface area contributed by atoms with Crippen LogP contribution in [-0.4, -0.2) is 46.4 Å². The normalized spacial score (nSPS) is 16.9. The molecule has 142 valence electrons. The van der Waals surface area contributed by atoms with Crippen molar-refractivity contribution in [2.75, 3.05) is 11.9 Å². The van der Waals surface area contributed by atoms with Gasteiger partial charge in [-0.25, -0.2) is 4.90 Å². The Labute approximate surface area is 161 Å². The molecule has 0 aliphatic carbocycles. The fourth-order valence-electron chi connectivity index (χ4n) is 2.85. The van der Waals surface area contributed by atoms with Gasteiger partial charge in [-0.3, -0.25) is 14.4 Å². The van der Waals surface area contributed by atoms with Crippen LogP contribution >= 0.6 is 15.9 Å². The fourth-order valence-corrected chi connectivity index (χ4v) is 3.21. The number of rotatable bonds is 7. The van der Waals surface area contributed by atoms with E-state index < -0.39 is 29.8 Å². The molecule has 7 nitrogen and oxygen atoms in total. The molecule has 0 bridgehead atoms. The van der Waals surface area contributed by atoms with Gasteiger partial charge in [0.1, 0.15) is 6.04 Å². The maximum Gasteiger partial charge on any atom is 0.258 e. The number of carbonyl (C=O) groups excluding carboxylic acids is 3. The Hall–Kier alpha value is -1.77. The molecule has 1 saturated heterocycles. The van der Waals surface area contributed by atoms with Crippen molar-refractivity contribution in [3.63, 3.8) is 0 Å². The molecular formula is C18H24BrN3O4. The van der Waals surface area contributed by atoms with Crippen LogP contribution in [0.3, 0.4) is 0 Å². The quantitative estimate of drug-likeness (QED) is 0.569. The third-order valence-electron chi connectivity index (χ3n) is 4.30. The molecule has 4 N–H and O–H groups in total. The van der Waals surface area contributed by atoms with Crippen molar-refractivity contribution in [2.24, 2.45) is 11.7 Å². The number of aliphatic hydroxyl groups is 1. The molecule has 2 atom stereocenters. The average Bonchev–Trinajstić information content (AvgIpc) is 2.92. The van der Waals surface area contributed by atoms with Crippen LogP contribution in [0.15, 0.2) is 22.7 Å². The minimum Gasteiger partial charge on any atom is -0.395 e. The number of likely N-dealkylation sites (tertiary alicyclic amines) is 1. The monoisotopic (exact) mass is 425 g/mol. The van der Waals surface area contributed by atoms with Crippen molar-refractivity contribution in [3.05, 3.63) is 28.2 Å². The predicted molar refractivity (Wildman–Crippen MR) is 101 cm³/mol. The van der Waals surface area contributed by atoms with Crippen molar-refractivity contribution in [1.29, 1.82) is 0 Å². The zero-order valence-electron chi connectivity index (χ0n) is 14.9. The number of imide groups is 3. The topological polar surface area (TPSA) is 113 Å². The first kappa shape index (κ1) is 20.5. The molecule has 1 aromatic carbocycles. The van der Waals surface area contributed by atoms with E-state index in [1.165, 1.54) is 0 Å². The standard InChI is InChI=1S/C18H24BrN3O4/c1-10(2)17(18(26)22-15(24)5-6-16(22)25)21-14-8-12(19)4-3-11(14)7-13(20)9-23/h3-4,8,10,13,17,21,23H,5-7,9,20H2,1-2H3/t13?,17-/m0/s1. The van der Waals surface area contributed by atoms with Crippen molar-refractivity contribution in [1.82, 2.24) is 4.90 Å². The molecule has 1 unspecified atom stereocenters. The summed E-state index contributed by atoms with van der Waals surface area (Å²) in [7, 11) is 0. The number of hydrogen-bond donors (Lipinski definition) is 3. The van der Waals surface area contributed by atoms with Gasteiger partial charge in [0.15, 0.2) is 0 Å². The van der Waals surface area contributed by atoms with Gasteiger partial charge in [-0.05, 0) is 30.0 Å². The van der Waals surface area contributed by atoms with Gasteiger partial charge < -0.3 is 16.2 Å². The van der Waals surface area contributed by atoms with Crippen molar-refractivity contribution in [3.8, 4) is 0 Å². The third kappa shape index (κ3) is 4.69. The minimum absolute atomic E-state index is 0.0723. The maximum atomic E-state index is 12.8. The van der Waals surface area contributed by atoms with Gasteiger partial charge in [0.05, 0.1) is 6.61 Å². The molecule has 1 aliphatic heterocycles. The zero-order chi connectivity index (χ0) is 19.4. The lowest BCUT2D eigenvalue weighted by Gasteiger charge is -2.27.